The maximum Gasteiger partial charge on any atom is 0.248 e. The first-order chi connectivity index (χ1) is 14.6. The number of morpholine rings is 1. The lowest BCUT2D eigenvalue weighted by Crippen LogP contribution is -2.47. The molecule has 0 spiro atoms. The van der Waals surface area contributed by atoms with Crippen molar-refractivity contribution in [1.29, 1.82) is 0 Å². The fourth-order valence-corrected chi connectivity index (χ4v) is 4.22. The van der Waals surface area contributed by atoms with Crippen LogP contribution in [-0.4, -0.2) is 77.5 Å². The molecule has 0 unspecified atom stereocenters. The molecular weight excluding hydrogens is 382 g/mol. The fourth-order valence-electron chi connectivity index (χ4n) is 4.22. The van der Waals surface area contributed by atoms with Crippen LogP contribution in [0.25, 0.3) is 11.3 Å². The summed E-state index contributed by atoms with van der Waals surface area (Å²) >= 11 is 0. The molecule has 0 bridgehead atoms. The third kappa shape index (κ3) is 4.66. The summed E-state index contributed by atoms with van der Waals surface area (Å²) in [5, 5.41) is 0. The Labute approximate surface area is 176 Å². The normalized spacial score (nSPS) is 20.1. The average molecular weight is 409 g/mol. The number of carbonyl (C=O) groups is 2. The molecule has 30 heavy (non-hydrogen) atoms. The number of ether oxygens (including phenoxy) is 1. The number of amides is 2. The molecule has 4 rings (SSSR count). The first kappa shape index (κ1) is 20.4. The van der Waals surface area contributed by atoms with Crippen molar-refractivity contribution in [2.45, 2.75) is 18.8 Å². The summed E-state index contributed by atoms with van der Waals surface area (Å²) in [6.07, 6.45) is 5.36. The van der Waals surface area contributed by atoms with Crippen LogP contribution in [0.4, 0.5) is 0 Å². The van der Waals surface area contributed by atoms with Gasteiger partial charge in [0, 0.05) is 49.1 Å². The van der Waals surface area contributed by atoms with Crippen LogP contribution in [0.5, 0.6) is 0 Å². The van der Waals surface area contributed by atoms with Gasteiger partial charge in [-0.2, -0.15) is 0 Å². The van der Waals surface area contributed by atoms with Gasteiger partial charge in [0.05, 0.1) is 31.1 Å². The largest absolute Gasteiger partial charge is 0.378 e. The molecule has 1 aromatic heterocycles. The second-order valence-electron chi connectivity index (χ2n) is 7.80. The number of hydrogen-bond acceptors (Lipinski definition) is 6. The summed E-state index contributed by atoms with van der Waals surface area (Å²) in [5.41, 5.74) is 8.40. The molecule has 2 aliphatic rings. The minimum Gasteiger partial charge on any atom is -0.378 e. The highest BCUT2D eigenvalue weighted by molar-refractivity contribution is 5.94. The molecular formula is C22H27N5O3. The molecule has 2 N–H and O–H groups in total. The van der Waals surface area contributed by atoms with Gasteiger partial charge < -0.3 is 15.4 Å². The van der Waals surface area contributed by atoms with Crippen LogP contribution < -0.4 is 5.73 Å². The molecule has 2 aliphatic heterocycles. The average Bonchev–Trinajstić information content (AvgIpc) is 2.80. The molecule has 3 heterocycles. The van der Waals surface area contributed by atoms with Crippen LogP contribution in [-0.2, 0) is 9.53 Å². The number of carbonyl (C=O) groups excluding carboxylic acids is 2. The predicted octanol–water partition coefficient (Wildman–Crippen LogP) is 1.28. The number of nitrogens with two attached hydrogens (primary N) is 1. The summed E-state index contributed by atoms with van der Waals surface area (Å²) in [5.74, 6) is -0.127. The number of benzene rings is 1. The van der Waals surface area contributed by atoms with Gasteiger partial charge in [-0.15, -0.1) is 0 Å². The Morgan fingerprint density at radius 3 is 2.73 bits per heavy atom. The van der Waals surface area contributed by atoms with Gasteiger partial charge in [0.1, 0.15) is 0 Å². The standard InChI is InChI=1S/C22H27N5O3/c23-22(29)17-4-1-3-16(13-17)20-21(25-7-6-24-20)18-5-2-8-26(14-18)15-19(28)27-9-11-30-12-10-27/h1,3-4,6-7,13,18H,2,5,8-12,14-15H2,(H2,23,29)/t18-/m1/s1. The molecule has 1 aromatic carbocycles. The highest BCUT2D eigenvalue weighted by Gasteiger charge is 2.28. The van der Waals surface area contributed by atoms with Crippen molar-refractivity contribution in [3.63, 3.8) is 0 Å². The SMILES string of the molecule is NC(=O)c1cccc(-c2nccnc2[C@@H]2CCCN(CC(=O)N3CCOCC3)C2)c1. The van der Waals surface area contributed by atoms with Crippen molar-refractivity contribution in [2.75, 3.05) is 45.9 Å². The van der Waals surface area contributed by atoms with E-state index in [1.807, 2.05) is 17.0 Å². The summed E-state index contributed by atoms with van der Waals surface area (Å²) in [4.78, 5) is 37.5. The van der Waals surface area contributed by atoms with E-state index in [0.717, 1.165) is 42.9 Å². The number of rotatable bonds is 5. The molecule has 0 saturated carbocycles. The molecule has 1 atom stereocenters. The van der Waals surface area contributed by atoms with Gasteiger partial charge in [0.25, 0.3) is 0 Å². The zero-order valence-electron chi connectivity index (χ0n) is 17.0. The quantitative estimate of drug-likeness (QED) is 0.798. The Balaban J connectivity index is 1.51. The van der Waals surface area contributed by atoms with E-state index in [9.17, 15) is 9.59 Å². The van der Waals surface area contributed by atoms with Crippen molar-refractivity contribution in [3.05, 3.63) is 47.9 Å². The Morgan fingerprint density at radius 1 is 1.13 bits per heavy atom. The summed E-state index contributed by atoms with van der Waals surface area (Å²) in [6.45, 7) is 4.64. The maximum absolute atomic E-state index is 12.7. The number of piperidine rings is 1. The molecule has 2 amide bonds. The van der Waals surface area contributed by atoms with Crippen molar-refractivity contribution in [2.24, 2.45) is 5.73 Å². The second-order valence-corrected chi connectivity index (χ2v) is 7.80. The van der Waals surface area contributed by atoms with Gasteiger partial charge in [0.2, 0.25) is 11.8 Å². The number of nitrogens with zero attached hydrogens (tertiary/aromatic N) is 4. The Kier molecular flexibility index (Phi) is 6.35. The molecule has 158 valence electrons. The minimum atomic E-state index is -0.465. The zero-order valence-corrected chi connectivity index (χ0v) is 17.0. The fraction of sp³-hybridized carbons (Fsp3) is 0.455. The second kappa shape index (κ2) is 9.32. The predicted molar refractivity (Wildman–Crippen MR) is 112 cm³/mol. The lowest BCUT2D eigenvalue weighted by atomic mass is 9.91. The monoisotopic (exact) mass is 409 g/mol. The van der Waals surface area contributed by atoms with Crippen LogP contribution in [0.3, 0.4) is 0 Å². The maximum atomic E-state index is 12.7. The van der Waals surface area contributed by atoms with E-state index in [2.05, 4.69) is 14.9 Å². The van der Waals surface area contributed by atoms with Crippen molar-refractivity contribution >= 4 is 11.8 Å². The molecule has 0 radical (unpaired) electrons. The van der Waals surface area contributed by atoms with E-state index in [-0.39, 0.29) is 11.8 Å². The molecule has 0 aliphatic carbocycles. The van der Waals surface area contributed by atoms with Gasteiger partial charge in [-0.3, -0.25) is 24.5 Å². The van der Waals surface area contributed by atoms with E-state index in [1.165, 1.54) is 0 Å². The number of hydrogen-bond donors (Lipinski definition) is 1. The minimum absolute atomic E-state index is 0.160. The van der Waals surface area contributed by atoms with Gasteiger partial charge in [-0.05, 0) is 31.5 Å². The van der Waals surface area contributed by atoms with E-state index < -0.39 is 5.91 Å². The summed E-state index contributed by atoms with van der Waals surface area (Å²) in [7, 11) is 0. The first-order valence-corrected chi connectivity index (χ1v) is 10.4. The van der Waals surface area contributed by atoms with Crippen molar-refractivity contribution < 1.29 is 14.3 Å². The van der Waals surface area contributed by atoms with E-state index in [1.54, 1.807) is 24.5 Å². The van der Waals surface area contributed by atoms with Gasteiger partial charge >= 0.3 is 0 Å². The Morgan fingerprint density at radius 2 is 1.93 bits per heavy atom. The molecule has 8 heteroatoms. The zero-order chi connectivity index (χ0) is 20.9. The van der Waals surface area contributed by atoms with Crippen LogP contribution in [0.2, 0.25) is 0 Å². The highest BCUT2D eigenvalue weighted by atomic mass is 16.5. The first-order valence-electron chi connectivity index (χ1n) is 10.4. The van der Waals surface area contributed by atoms with E-state index >= 15 is 0 Å². The van der Waals surface area contributed by atoms with Crippen LogP contribution in [0.15, 0.2) is 36.7 Å². The summed E-state index contributed by atoms with van der Waals surface area (Å²) in [6, 6.07) is 7.18. The lowest BCUT2D eigenvalue weighted by molar-refractivity contribution is -0.136. The van der Waals surface area contributed by atoms with Gasteiger partial charge in [-0.1, -0.05) is 12.1 Å². The molecule has 8 nitrogen and oxygen atoms in total. The Bertz CT molecular complexity index is 913. The van der Waals surface area contributed by atoms with Gasteiger partial charge in [-0.25, -0.2) is 0 Å². The number of likely N-dealkylation sites (tertiary alicyclic amines) is 1. The van der Waals surface area contributed by atoms with Crippen molar-refractivity contribution in [1.82, 2.24) is 19.8 Å². The third-order valence-electron chi connectivity index (χ3n) is 5.76. The number of aromatic nitrogens is 2. The van der Waals surface area contributed by atoms with E-state index in [4.69, 9.17) is 10.5 Å². The summed E-state index contributed by atoms with van der Waals surface area (Å²) < 4.78 is 5.34. The van der Waals surface area contributed by atoms with Crippen molar-refractivity contribution in [3.8, 4) is 11.3 Å². The molecule has 2 saturated heterocycles. The molecule has 2 aromatic rings. The van der Waals surface area contributed by atoms with Crippen LogP contribution in [0.1, 0.15) is 34.8 Å². The van der Waals surface area contributed by atoms with E-state index in [0.29, 0.717) is 38.4 Å². The molecule has 2 fully saturated rings. The highest BCUT2D eigenvalue weighted by Crippen LogP contribution is 2.32. The topological polar surface area (TPSA) is 102 Å². The lowest BCUT2D eigenvalue weighted by Gasteiger charge is -2.34. The van der Waals surface area contributed by atoms with Crippen LogP contribution >= 0.6 is 0 Å². The Hall–Kier alpha value is -2.84. The smallest absolute Gasteiger partial charge is 0.248 e. The van der Waals surface area contributed by atoms with Crippen LogP contribution in [0, 0.1) is 0 Å². The van der Waals surface area contributed by atoms with Gasteiger partial charge in [0.15, 0.2) is 0 Å². The number of primary amides is 1. The third-order valence-corrected chi connectivity index (χ3v) is 5.76.